The Morgan fingerprint density at radius 3 is 2.44 bits per heavy atom. The normalized spacial score (nSPS) is 12.7. The molecule has 1 aromatic heterocycles. The Kier molecular flexibility index (Phi) is 3.06. The number of aliphatic hydroxyl groups is 1. The molecule has 0 radical (unpaired) electrons. The SMILES string of the molecule is CCc1ccc(C(O)c2cnn(C)c2)cc1. The van der Waals surface area contributed by atoms with Crippen molar-refractivity contribution in [2.75, 3.05) is 0 Å². The van der Waals surface area contributed by atoms with Crippen LogP contribution < -0.4 is 0 Å². The van der Waals surface area contributed by atoms with E-state index < -0.39 is 6.10 Å². The summed E-state index contributed by atoms with van der Waals surface area (Å²) < 4.78 is 1.69. The highest BCUT2D eigenvalue weighted by atomic mass is 16.3. The molecule has 16 heavy (non-hydrogen) atoms. The summed E-state index contributed by atoms with van der Waals surface area (Å²) in [6.07, 6.45) is 3.96. The smallest absolute Gasteiger partial charge is 0.107 e. The lowest BCUT2D eigenvalue weighted by Crippen LogP contribution is -1.98. The molecule has 0 aliphatic rings. The molecule has 0 spiro atoms. The fraction of sp³-hybridized carbons (Fsp3) is 0.308. The number of nitrogens with zero attached hydrogens (tertiary/aromatic N) is 2. The molecular weight excluding hydrogens is 200 g/mol. The number of rotatable bonds is 3. The van der Waals surface area contributed by atoms with Gasteiger partial charge in [-0.1, -0.05) is 31.2 Å². The Morgan fingerprint density at radius 1 is 1.25 bits per heavy atom. The van der Waals surface area contributed by atoms with E-state index in [1.807, 2.05) is 25.4 Å². The van der Waals surface area contributed by atoms with Gasteiger partial charge in [0, 0.05) is 18.8 Å². The molecule has 0 aliphatic carbocycles. The van der Waals surface area contributed by atoms with E-state index in [0.717, 1.165) is 17.5 Å². The van der Waals surface area contributed by atoms with Gasteiger partial charge in [0.05, 0.1) is 6.20 Å². The van der Waals surface area contributed by atoms with Crippen LogP contribution in [0.4, 0.5) is 0 Å². The van der Waals surface area contributed by atoms with Crippen molar-refractivity contribution in [2.24, 2.45) is 7.05 Å². The molecule has 3 nitrogen and oxygen atoms in total. The number of aryl methyl sites for hydroxylation is 2. The standard InChI is InChI=1S/C13H16N2O/c1-3-10-4-6-11(7-5-10)13(16)12-8-14-15(2)9-12/h4-9,13,16H,3H2,1-2H3. The van der Waals surface area contributed by atoms with E-state index in [1.165, 1.54) is 5.56 Å². The van der Waals surface area contributed by atoms with Crippen LogP contribution in [0.15, 0.2) is 36.7 Å². The van der Waals surface area contributed by atoms with Crippen molar-refractivity contribution in [3.8, 4) is 0 Å². The Bertz CT molecular complexity index is 459. The van der Waals surface area contributed by atoms with E-state index in [9.17, 15) is 5.11 Å². The fourth-order valence-corrected chi connectivity index (χ4v) is 1.71. The van der Waals surface area contributed by atoms with Crippen molar-refractivity contribution in [1.82, 2.24) is 9.78 Å². The zero-order chi connectivity index (χ0) is 11.5. The van der Waals surface area contributed by atoms with E-state index in [1.54, 1.807) is 10.9 Å². The van der Waals surface area contributed by atoms with Crippen molar-refractivity contribution in [3.63, 3.8) is 0 Å². The van der Waals surface area contributed by atoms with Gasteiger partial charge in [-0.15, -0.1) is 0 Å². The summed E-state index contributed by atoms with van der Waals surface area (Å²) in [6.45, 7) is 2.12. The molecule has 1 atom stereocenters. The topological polar surface area (TPSA) is 38.1 Å². The van der Waals surface area contributed by atoms with Crippen LogP contribution in [0.1, 0.15) is 29.7 Å². The van der Waals surface area contributed by atoms with Crippen molar-refractivity contribution < 1.29 is 5.11 Å². The summed E-state index contributed by atoms with van der Waals surface area (Å²) in [6, 6.07) is 8.04. The highest BCUT2D eigenvalue weighted by Gasteiger charge is 2.11. The van der Waals surface area contributed by atoms with E-state index in [2.05, 4.69) is 24.2 Å². The molecule has 0 saturated heterocycles. The zero-order valence-electron chi connectivity index (χ0n) is 9.59. The molecule has 1 unspecified atom stereocenters. The fourth-order valence-electron chi connectivity index (χ4n) is 1.71. The van der Waals surface area contributed by atoms with Gasteiger partial charge in [-0.05, 0) is 17.5 Å². The van der Waals surface area contributed by atoms with Crippen LogP contribution in [0.3, 0.4) is 0 Å². The Labute approximate surface area is 95.3 Å². The van der Waals surface area contributed by atoms with Crippen LogP contribution in [-0.2, 0) is 13.5 Å². The molecular formula is C13H16N2O. The maximum atomic E-state index is 10.1. The van der Waals surface area contributed by atoms with E-state index in [-0.39, 0.29) is 0 Å². The third-order valence-corrected chi connectivity index (χ3v) is 2.74. The van der Waals surface area contributed by atoms with E-state index >= 15 is 0 Å². The summed E-state index contributed by atoms with van der Waals surface area (Å²) in [5, 5.41) is 14.2. The van der Waals surface area contributed by atoms with Gasteiger partial charge >= 0.3 is 0 Å². The van der Waals surface area contributed by atoms with E-state index in [0.29, 0.717) is 0 Å². The van der Waals surface area contributed by atoms with Crippen LogP contribution >= 0.6 is 0 Å². The van der Waals surface area contributed by atoms with Crippen molar-refractivity contribution in [2.45, 2.75) is 19.4 Å². The molecule has 2 aromatic rings. The first-order chi connectivity index (χ1) is 7.70. The van der Waals surface area contributed by atoms with Gasteiger partial charge in [-0.2, -0.15) is 5.10 Å². The average molecular weight is 216 g/mol. The quantitative estimate of drug-likeness (QED) is 0.852. The van der Waals surface area contributed by atoms with Crippen molar-refractivity contribution in [3.05, 3.63) is 53.3 Å². The number of benzene rings is 1. The summed E-state index contributed by atoms with van der Waals surface area (Å²) in [5.74, 6) is 0. The molecule has 0 amide bonds. The number of aliphatic hydroxyl groups excluding tert-OH is 1. The molecule has 0 saturated carbocycles. The Morgan fingerprint density at radius 2 is 1.94 bits per heavy atom. The molecule has 0 aliphatic heterocycles. The lowest BCUT2D eigenvalue weighted by atomic mass is 10.0. The first-order valence-electron chi connectivity index (χ1n) is 5.46. The Balaban J connectivity index is 2.23. The summed E-state index contributed by atoms with van der Waals surface area (Å²) in [5.41, 5.74) is 3.01. The van der Waals surface area contributed by atoms with Gasteiger partial charge in [0.25, 0.3) is 0 Å². The van der Waals surface area contributed by atoms with Crippen LogP contribution in [0.25, 0.3) is 0 Å². The highest BCUT2D eigenvalue weighted by molar-refractivity contribution is 5.29. The molecule has 0 fully saturated rings. The number of hydrogen-bond acceptors (Lipinski definition) is 2. The minimum Gasteiger partial charge on any atom is -0.384 e. The monoisotopic (exact) mass is 216 g/mol. The van der Waals surface area contributed by atoms with Gasteiger partial charge in [0.1, 0.15) is 6.10 Å². The van der Waals surface area contributed by atoms with Gasteiger partial charge in [-0.25, -0.2) is 0 Å². The highest BCUT2D eigenvalue weighted by Crippen LogP contribution is 2.21. The predicted molar refractivity (Wildman–Crippen MR) is 63.1 cm³/mol. The van der Waals surface area contributed by atoms with Crippen LogP contribution in [-0.4, -0.2) is 14.9 Å². The number of hydrogen-bond donors (Lipinski definition) is 1. The zero-order valence-corrected chi connectivity index (χ0v) is 9.59. The van der Waals surface area contributed by atoms with Crippen LogP contribution in [0.2, 0.25) is 0 Å². The second kappa shape index (κ2) is 4.49. The second-order valence-corrected chi connectivity index (χ2v) is 3.95. The molecule has 2 rings (SSSR count). The molecule has 1 heterocycles. The van der Waals surface area contributed by atoms with Crippen LogP contribution in [0, 0.1) is 0 Å². The third-order valence-electron chi connectivity index (χ3n) is 2.74. The Hall–Kier alpha value is -1.61. The van der Waals surface area contributed by atoms with Gasteiger partial charge in [0.2, 0.25) is 0 Å². The molecule has 84 valence electrons. The first-order valence-corrected chi connectivity index (χ1v) is 5.46. The second-order valence-electron chi connectivity index (χ2n) is 3.95. The molecule has 3 heteroatoms. The molecule has 1 N–H and O–H groups in total. The van der Waals surface area contributed by atoms with E-state index in [4.69, 9.17) is 0 Å². The van der Waals surface area contributed by atoms with Crippen molar-refractivity contribution in [1.29, 1.82) is 0 Å². The van der Waals surface area contributed by atoms with Crippen LogP contribution in [0.5, 0.6) is 0 Å². The number of aromatic nitrogens is 2. The summed E-state index contributed by atoms with van der Waals surface area (Å²) in [7, 11) is 1.84. The maximum Gasteiger partial charge on any atom is 0.107 e. The summed E-state index contributed by atoms with van der Waals surface area (Å²) >= 11 is 0. The largest absolute Gasteiger partial charge is 0.384 e. The lowest BCUT2D eigenvalue weighted by Gasteiger charge is -2.09. The van der Waals surface area contributed by atoms with Crippen molar-refractivity contribution >= 4 is 0 Å². The average Bonchev–Trinajstić information content (AvgIpc) is 2.75. The lowest BCUT2D eigenvalue weighted by molar-refractivity contribution is 0.220. The molecule has 0 bridgehead atoms. The van der Waals surface area contributed by atoms with Gasteiger partial charge in [-0.3, -0.25) is 4.68 Å². The first kappa shape index (κ1) is 10.9. The maximum absolute atomic E-state index is 10.1. The summed E-state index contributed by atoms with van der Waals surface area (Å²) in [4.78, 5) is 0. The minimum absolute atomic E-state index is 0.584. The van der Waals surface area contributed by atoms with Gasteiger partial charge < -0.3 is 5.11 Å². The third kappa shape index (κ3) is 2.14. The van der Waals surface area contributed by atoms with Gasteiger partial charge in [0.15, 0.2) is 0 Å². The molecule has 1 aromatic carbocycles. The predicted octanol–water partition coefficient (Wildman–Crippen LogP) is 2.06. The minimum atomic E-state index is -0.584.